The molecule has 1 heterocycles. The Hall–Kier alpha value is -2.76. The third kappa shape index (κ3) is 4.90. The van der Waals surface area contributed by atoms with Crippen LogP contribution in [0.2, 0.25) is 0 Å². The van der Waals surface area contributed by atoms with Gasteiger partial charge in [-0.15, -0.1) is 0 Å². The van der Waals surface area contributed by atoms with E-state index in [1.54, 1.807) is 19.4 Å². The monoisotopic (exact) mass is 370 g/mol. The van der Waals surface area contributed by atoms with E-state index in [4.69, 9.17) is 9.15 Å². The number of hydrogen-bond donors (Lipinski definition) is 2. The molecular weight excluding hydrogens is 344 g/mol. The van der Waals surface area contributed by atoms with E-state index in [0.717, 1.165) is 11.3 Å². The van der Waals surface area contributed by atoms with E-state index < -0.39 is 0 Å². The molecule has 27 heavy (non-hydrogen) atoms. The lowest BCUT2D eigenvalue weighted by atomic mass is 9.81. The normalized spacial score (nSPS) is 19.3. The molecule has 1 saturated carbocycles. The second kappa shape index (κ2) is 8.75. The minimum Gasteiger partial charge on any atom is -0.495 e. The maximum absolute atomic E-state index is 12.6. The van der Waals surface area contributed by atoms with Crippen molar-refractivity contribution in [2.45, 2.75) is 39.2 Å². The van der Waals surface area contributed by atoms with Crippen LogP contribution in [-0.4, -0.2) is 18.9 Å². The summed E-state index contributed by atoms with van der Waals surface area (Å²) >= 11 is 0. The highest BCUT2D eigenvalue weighted by Crippen LogP contribution is 2.31. The number of furan rings is 1. The molecular formula is C21H26N2O4. The standard InChI is InChI=1S/C21H26N2O4/c1-14-5-10-19(26-2)18(12-14)23-21(25)16-8-6-15(7-9-16)20(24)22-13-17-4-3-11-27-17/h3-5,10-12,15-16H,6-9,13H2,1-2H3,(H,22,24)(H,23,25). The zero-order valence-corrected chi connectivity index (χ0v) is 15.8. The zero-order chi connectivity index (χ0) is 19.2. The SMILES string of the molecule is COc1ccc(C)cc1NC(=O)C1CCC(C(=O)NCc2ccco2)CC1. The summed E-state index contributed by atoms with van der Waals surface area (Å²) in [5.41, 5.74) is 1.75. The van der Waals surface area contributed by atoms with Gasteiger partial charge in [0.1, 0.15) is 11.5 Å². The summed E-state index contributed by atoms with van der Waals surface area (Å²) in [5.74, 6) is 1.30. The van der Waals surface area contributed by atoms with Crippen LogP contribution < -0.4 is 15.4 Å². The van der Waals surface area contributed by atoms with Gasteiger partial charge in [-0.1, -0.05) is 6.07 Å². The van der Waals surface area contributed by atoms with E-state index in [2.05, 4.69) is 10.6 Å². The fourth-order valence-corrected chi connectivity index (χ4v) is 3.50. The maximum Gasteiger partial charge on any atom is 0.227 e. The highest BCUT2D eigenvalue weighted by molar-refractivity contribution is 5.94. The second-order valence-corrected chi connectivity index (χ2v) is 7.04. The summed E-state index contributed by atoms with van der Waals surface area (Å²) < 4.78 is 10.5. The lowest BCUT2D eigenvalue weighted by Gasteiger charge is -2.27. The van der Waals surface area contributed by atoms with E-state index in [1.165, 1.54) is 0 Å². The van der Waals surface area contributed by atoms with E-state index in [9.17, 15) is 9.59 Å². The quantitative estimate of drug-likeness (QED) is 0.813. The molecule has 6 heteroatoms. The lowest BCUT2D eigenvalue weighted by molar-refractivity contribution is -0.128. The Labute approximate surface area is 159 Å². The summed E-state index contributed by atoms with van der Waals surface area (Å²) in [4.78, 5) is 24.9. The average Bonchev–Trinajstić information content (AvgIpc) is 3.20. The smallest absolute Gasteiger partial charge is 0.227 e. The molecule has 0 unspecified atom stereocenters. The topological polar surface area (TPSA) is 80.6 Å². The first-order chi connectivity index (χ1) is 13.1. The Balaban J connectivity index is 1.49. The number of anilines is 1. The molecule has 0 spiro atoms. The highest BCUT2D eigenvalue weighted by atomic mass is 16.5. The van der Waals surface area contributed by atoms with Crippen molar-refractivity contribution in [2.24, 2.45) is 11.8 Å². The van der Waals surface area contributed by atoms with Gasteiger partial charge in [0.25, 0.3) is 0 Å². The molecule has 2 aromatic rings. The van der Waals surface area contributed by atoms with Gasteiger partial charge >= 0.3 is 0 Å². The molecule has 0 aliphatic heterocycles. The van der Waals surface area contributed by atoms with Gasteiger partial charge in [-0.3, -0.25) is 9.59 Å². The summed E-state index contributed by atoms with van der Waals surface area (Å²) in [6.45, 7) is 2.38. The van der Waals surface area contributed by atoms with Crippen molar-refractivity contribution in [1.29, 1.82) is 0 Å². The molecule has 1 aromatic heterocycles. The summed E-state index contributed by atoms with van der Waals surface area (Å²) in [6.07, 6.45) is 4.44. The Bertz CT molecular complexity index is 777. The van der Waals surface area contributed by atoms with Gasteiger partial charge in [0, 0.05) is 11.8 Å². The van der Waals surface area contributed by atoms with Crippen molar-refractivity contribution in [3.8, 4) is 5.75 Å². The Kier molecular flexibility index (Phi) is 6.16. The summed E-state index contributed by atoms with van der Waals surface area (Å²) in [6, 6.07) is 9.34. The molecule has 0 radical (unpaired) electrons. The number of carbonyl (C=O) groups is 2. The van der Waals surface area contributed by atoms with Crippen LogP contribution in [0.25, 0.3) is 0 Å². The minimum absolute atomic E-state index is 0.00616. The van der Waals surface area contributed by atoms with E-state index in [1.807, 2.05) is 31.2 Å². The second-order valence-electron chi connectivity index (χ2n) is 7.04. The van der Waals surface area contributed by atoms with Gasteiger partial charge in [0.2, 0.25) is 11.8 Å². The molecule has 1 aromatic carbocycles. The number of carbonyl (C=O) groups excluding carboxylic acids is 2. The lowest BCUT2D eigenvalue weighted by Crippen LogP contribution is -2.35. The number of amides is 2. The van der Waals surface area contributed by atoms with E-state index in [-0.39, 0.29) is 23.7 Å². The molecule has 0 atom stereocenters. The van der Waals surface area contributed by atoms with Crippen LogP contribution in [0, 0.1) is 18.8 Å². The van der Waals surface area contributed by atoms with E-state index in [0.29, 0.717) is 43.7 Å². The molecule has 0 saturated heterocycles. The van der Waals surface area contributed by atoms with Gasteiger partial charge in [0.05, 0.1) is 25.6 Å². The molecule has 3 rings (SSSR count). The number of rotatable bonds is 6. The summed E-state index contributed by atoms with van der Waals surface area (Å²) in [7, 11) is 1.59. The van der Waals surface area contributed by atoms with Crippen molar-refractivity contribution in [2.75, 3.05) is 12.4 Å². The van der Waals surface area contributed by atoms with Crippen molar-refractivity contribution >= 4 is 17.5 Å². The van der Waals surface area contributed by atoms with Crippen LogP contribution in [0.3, 0.4) is 0 Å². The summed E-state index contributed by atoms with van der Waals surface area (Å²) in [5, 5.41) is 5.89. The Morgan fingerprint density at radius 3 is 2.44 bits per heavy atom. The number of ether oxygens (including phenoxy) is 1. The molecule has 1 aliphatic carbocycles. The Morgan fingerprint density at radius 1 is 1.11 bits per heavy atom. The van der Waals surface area contributed by atoms with Crippen molar-refractivity contribution < 1.29 is 18.7 Å². The predicted octanol–water partition coefficient (Wildman–Crippen LogP) is 3.66. The number of benzene rings is 1. The van der Waals surface area contributed by atoms with Gasteiger partial charge in [0.15, 0.2) is 0 Å². The first-order valence-electron chi connectivity index (χ1n) is 9.32. The van der Waals surface area contributed by atoms with Gasteiger partial charge in [-0.2, -0.15) is 0 Å². The van der Waals surface area contributed by atoms with Crippen LogP contribution in [0.4, 0.5) is 5.69 Å². The fraction of sp³-hybridized carbons (Fsp3) is 0.429. The molecule has 1 fully saturated rings. The molecule has 0 bridgehead atoms. The molecule has 2 N–H and O–H groups in total. The highest BCUT2D eigenvalue weighted by Gasteiger charge is 2.30. The van der Waals surface area contributed by atoms with E-state index >= 15 is 0 Å². The number of nitrogens with one attached hydrogen (secondary N) is 2. The van der Waals surface area contributed by atoms with Gasteiger partial charge in [-0.05, 0) is 62.4 Å². The Morgan fingerprint density at radius 2 is 1.81 bits per heavy atom. The molecule has 144 valence electrons. The molecule has 6 nitrogen and oxygen atoms in total. The first-order valence-corrected chi connectivity index (χ1v) is 9.32. The number of hydrogen-bond acceptors (Lipinski definition) is 4. The minimum atomic E-state index is -0.0793. The van der Waals surface area contributed by atoms with Crippen LogP contribution >= 0.6 is 0 Å². The third-order valence-corrected chi connectivity index (χ3v) is 5.10. The molecule has 1 aliphatic rings. The molecule has 2 amide bonds. The maximum atomic E-state index is 12.6. The first kappa shape index (κ1) is 19.0. The zero-order valence-electron chi connectivity index (χ0n) is 15.8. The fourth-order valence-electron chi connectivity index (χ4n) is 3.50. The van der Waals surface area contributed by atoms with Crippen LogP contribution in [0.1, 0.15) is 37.0 Å². The third-order valence-electron chi connectivity index (χ3n) is 5.10. The van der Waals surface area contributed by atoms with Crippen LogP contribution in [-0.2, 0) is 16.1 Å². The van der Waals surface area contributed by atoms with Crippen LogP contribution in [0.5, 0.6) is 5.75 Å². The largest absolute Gasteiger partial charge is 0.495 e. The van der Waals surface area contributed by atoms with Crippen molar-refractivity contribution in [3.05, 3.63) is 47.9 Å². The van der Waals surface area contributed by atoms with Gasteiger partial charge in [-0.25, -0.2) is 0 Å². The van der Waals surface area contributed by atoms with Gasteiger partial charge < -0.3 is 19.8 Å². The predicted molar refractivity (Wildman–Crippen MR) is 102 cm³/mol. The van der Waals surface area contributed by atoms with Crippen molar-refractivity contribution in [3.63, 3.8) is 0 Å². The number of aryl methyl sites for hydroxylation is 1. The van der Waals surface area contributed by atoms with Crippen molar-refractivity contribution in [1.82, 2.24) is 5.32 Å². The van der Waals surface area contributed by atoms with Crippen LogP contribution in [0.15, 0.2) is 41.0 Å². The number of methoxy groups -OCH3 is 1. The average molecular weight is 370 g/mol.